The van der Waals surface area contributed by atoms with E-state index in [-0.39, 0.29) is 23.7 Å². The van der Waals surface area contributed by atoms with E-state index in [4.69, 9.17) is 4.74 Å². The topological polar surface area (TPSA) is 93.5 Å². The van der Waals surface area contributed by atoms with Crippen molar-refractivity contribution >= 4 is 17.3 Å². The van der Waals surface area contributed by atoms with Crippen molar-refractivity contribution in [3.63, 3.8) is 0 Å². The maximum absolute atomic E-state index is 12.1. The molecule has 0 bridgehead atoms. The van der Waals surface area contributed by atoms with Crippen molar-refractivity contribution in [1.82, 2.24) is 5.32 Å². The minimum Gasteiger partial charge on any atom is -0.380 e. The predicted octanol–water partition coefficient (Wildman–Crippen LogP) is 1.47. The van der Waals surface area contributed by atoms with Crippen LogP contribution in [0.15, 0.2) is 18.2 Å². The Labute approximate surface area is 122 Å². The molecule has 1 amide bonds. The van der Waals surface area contributed by atoms with Crippen molar-refractivity contribution in [2.75, 3.05) is 19.0 Å². The molecule has 7 heteroatoms. The Kier molecular flexibility index (Phi) is 4.87. The SMILES string of the molecule is CCc1ccc(NC(=O)C2CC(OC)CN2)cc1[N+](=O)[O-]. The van der Waals surface area contributed by atoms with E-state index in [0.29, 0.717) is 30.6 Å². The number of rotatable bonds is 5. The molecule has 0 aromatic heterocycles. The van der Waals surface area contributed by atoms with Crippen LogP contribution in [0.4, 0.5) is 11.4 Å². The summed E-state index contributed by atoms with van der Waals surface area (Å²) >= 11 is 0. The average Bonchev–Trinajstić information content (AvgIpc) is 2.96. The summed E-state index contributed by atoms with van der Waals surface area (Å²) in [5, 5.41) is 16.8. The van der Waals surface area contributed by atoms with E-state index in [2.05, 4.69) is 10.6 Å². The van der Waals surface area contributed by atoms with Gasteiger partial charge in [-0.3, -0.25) is 14.9 Å². The first kappa shape index (κ1) is 15.4. The molecule has 1 aliphatic rings. The third kappa shape index (κ3) is 3.56. The van der Waals surface area contributed by atoms with Crippen LogP contribution in [0.25, 0.3) is 0 Å². The minimum absolute atomic E-state index is 0.0255. The Morgan fingerprint density at radius 3 is 2.90 bits per heavy atom. The molecule has 0 radical (unpaired) electrons. The number of benzene rings is 1. The molecule has 1 saturated heterocycles. The van der Waals surface area contributed by atoms with E-state index in [9.17, 15) is 14.9 Å². The Balaban J connectivity index is 2.07. The van der Waals surface area contributed by atoms with Crippen LogP contribution >= 0.6 is 0 Å². The summed E-state index contributed by atoms with van der Waals surface area (Å²) in [5.74, 6) is -0.201. The second-order valence-electron chi connectivity index (χ2n) is 5.00. The van der Waals surface area contributed by atoms with E-state index in [0.717, 1.165) is 0 Å². The maximum Gasteiger partial charge on any atom is 0.274 e. The number of amides is 1. The molecule has 1 aliphatic heterocycles. The van der Waals surface area contributed by atoms with Gasteiger partial charge in [-0.1, -0.05) is 13.0 Å². The van der Waals surface area contributed by atoms with Crippen molar-refractivity contribution < 1.29 is 14.5 Å². The highest BCUT2D eigenvalue weighted by Gasteiger charge is 2.29. The molecule has 7 nitrogen and oxygen atoms in total. The van der Waals surface area contributed by atoms with Crippen molar-refractivity contribution in [2.45, 2.75) is 31.9 Å². The molecule has 0 spiro atoms. The number of carbonyl (C=O) groups is 1. The monoisotopic (exact) mass is 293 g/mol. The Hall–Kier alpha value is -1.99. The summed E-state index contributed by atoms with van der Waals surface area (Å²) in [6, 6.07) is 4.43. The molecule has 1 fully saturated rings. The summed E-state index contributed by atoms with van der Waals surface area (Å²) in [6.45, 7) is 2.48. The van der Waals surface area contributed by atoms with Gasteiger partial charge in [0.05, 0.1) is 17.1 Å². The molecule has 2 atom stereocenters. The van der Waals surface area contributed by atoms with Gasteiger partial charge in [0.25, 0.3) is 5.69 Å². The lowest BCUT2D eigenvalue weighted by atomic mass is 10.1. The number of carbonyl (C=O) groups excluding carboxylic acids is 1. The number of nitrogens with one attached hydrogen (secondary N) is 2. The molecule has 2 rings (SSSR count). The second-order valence-corrected chi connectivity index (χ2v) is 5.00. The fraction of sp³-hybridized carbons (Fsp3) is 0.500. The third-order valence-corrected chi connectivity index (χ3v) is 3.67. The van der Waals surface area contributed by atoms with E-state index in [1.807, 2.05) is 6.92 Å². The summed E-state index contributed by atoms with van der Waals surface area (Å²) in [6.07, 6.45) is 1.19. The Bertz CT molecular complexity index is 547. The number of ether oxygens (including phenoxy) is 1. The van der Waals surface area contributed by atoms with E-state index >= 15 is 0 Å². The fourth-order valence-electron chi connectivity index (χ4n) is 2.42. The molecule has 2 N–H and O–H groups in total. The lowest BCUT2D eigenvalue weighted by Gasteiger charge is -2.12. The van der Waals surface area contributed by atoms with Crippen LogP contribution in [-0.2, 0) is 16.0 Å². The smallest absolute Gasteiger partial charge is 0.274 e. The number of hydrogen-bond donors (Lipinski definition) is 2. The van der Waals surface area contributed by atoms with Crippen molar-refractivity contribution in [2.24, 2.45) is 0 Å². The molecular formula is C14H19N3O4. The molecule has 0 saturated carbocycles. The van der Waals surface area contributed by atoms with Crippen LogP contribution < -0.4 is 10.6 Å². The lowest BCUT2D eigenvalue weighted by Crippen LogP contribution is -2.35. The van der Waals surface area contributed by atoms with Crippen LogP contribution in [-0.4, -0.2) is 36.6 Å². The van der Waals surface area contributed by atoms with Crippen LogP contribution in [0.2, 0.25) is 0 Å². The standard InChI is InChI=1S/C14H19N3O4/c1-3-9-4-5-10(6-13(9)17(19)20)16-14(18)12-7-11(21-2)8-15-12/h4-6,11-12,15H,3,7-8H2,1-2H3,(H,16,18). The van der Waals surface area contributed by atoms with Gasteiger partial charge in [-0.2, -0.15) is 0 Å². The van der Waals surface area contributed by atoms with Gasteiger partial charge in [0.15, 0.2) is 0 Å². The van der Waals surface area contributed by atoms with Crippen LogP contribution in [0.3, 0.4) is 0 Å². The van der Waals surface area contributed by atoms with Gasteiger partial charge in [-0.25, -0.2) is 0 Å². The molecule has 1 aromatic carbocycles. The normalized spacial score (nSPS) is 21.2. The maximum atomic E-state index is 12.1. The zero-order valence-corrected chi connectivity index (χ0v) is 12.1. The molecule has 21 heavy (non-hydrogen) atoms. The summed E-state index contributed by atoms with van der Waals surface area (Å²) in [4.78, 5) is 22.7. The summed E-state index contributed by atoms with van der Waals surface area (Å²) in [7, 11) is 1.61. The van der Waals surface area contributed by atoms with Crippen LogP contribution in [0.5, 0.6) is 0 Å². The van der Waals surface area contributed by atoms with Gasteiger partial charge in [0, 0.05) is 31.0 Å². The molecule has 0 aliphatic carbocycles. The fourth-order valence-corrected chi connectivity index (χ4v) is 2.42. The summed E-state index contributed by atoms with van der Waals surface area (Å²) < 4.78 is 5.19. The van der Waals surface area contributed by atoms with E-state index in [1.54, 1.807) is 19.2 Å². The number of anilines is 1. The van der Waals surface area contributed by atoms with Crippen molar-refractivity contribution in [3.05, 3.63) is 33.9 Å². The zero-order chi connectivity index (χ0) is 15.4. The number of nitro groups is 1. The largest absolute Gasteiger partial charge is 0.380 e. The van der Waals surface area contributed by atoms with Gasteiger partial charge in [-0.15, -0.1) is 0 Å². The van der Waals surface area contributed by atoms with Crippen LogP contribution in [0, 0.1) is 10.1 Å². The molecular weight excluding hydrogens is 274 g/mol. The molecule has 1 aromatic rings. The number of aryl methyl sites for hydroxylation is 1. The quantitative estimate of drug-likeness (QED) is 0.633. The number of hydrogen-bond acceptors (Lipinski definition) is 5. The zero-order valence-electron chi connectivity index (χ0n) is 12.1. The molecule has 114 valence electrons. The Morgan fingerprint density at radius 2 is 2.33 bits per heavy atom. The van der Waals surface area contributed by atoms with E-state index < -0.39 is 4.92 Å². The van der Waals surface area contributed by atoms with Gasteiger partial charge >= 0.3 is 0 Å². The second kappa shape index (κ2) is 6.64. The van der Waals surface area contributed by atoms with Gasteiger partial charge < -0.3 is 15.4 Å². The molecule has 1 heterocycles. The van der Waals surface area contributed by atoms with Crippen LogP contribution in [0.1, 0.15) is 18.9 Å². The number of nitrogens with zero attached hydrogens (tertiary/aromatic N) is 1. The third-order valence-electron chi connectivity index (χ3n) is 3.67. The van der Waals surface area contributed by atoms with Gasteiger partial charge in [0.2, 0.25) is 5.91 Å². The first-order chi connectivity index (χ1) is 10.0. The van der Waals surface area contributed by atoms with Gasteiger partial charge in [-0.05, 0) is 18.9 Å². The number of methoxy groups -OCH3 is 1. The molecule has 2 unspecified atom stereocenters. The Morgan fingerprint density at radius 1 is 1.57 bits per heavy atom. The highest BCUT2D eigenvalue weighted by molar-refractivity contribution is 5.95. The first-order valence-corrected chi connectivity index (χ1v) is 6.89. The van der Waals surface area contributed by atoms with Crippen molar-refractivity contribution in [1.29, 1.82) is 0 Å². The summed E-state index contributed by atoms with van der Waals surface area (Å²) in [5.41, 5.74) is 1.12. The minimum atomic E-state index is -0.427. The highest BCUT2D eigenvalue weighted by Crippen LogP contribution is 2.24. The highest BCUT2D eigenvalue weighted by atomic mass is 16.6. The lowest BCUT2D eigenvalue weighted by molar-refractivity contribution is -0.385. The van der Waals surface area contributed by atoms with Crippen molar-refractivity contribution in [3.8, 4) is 0 Å². The average molecular weight is 293 g/mol. The van der Waals surface area contributed by atoms with E-state index in [1.165, 1.54) is 6.07 Å². The first-order valence-electron chi connectivity index (χ1n) is 6.89. The predicted molar refractivity (Wildman–Crippen MR) is 78.3 cm³/mol. The van der Waals surface area contributed by atoms with Gasteiger partial charge in [0.1, 0.15) is 0 Å². The number of nitro benzene ring substituents is 1.